The summed E-state index contributed by atoms with van der Waals surface area (Å²) in [7, 11) is -0.495. The molecule has 0 aromatic heterocycles. The lowest BCUT2D eigenvalue weighted by molar-refractivity contribution is 0.0925. The zero-order valence-electron chi connectivity index (χ0n) is 24.0. The Morgan fingerprint density at radius 3 is 1.51 bits per heavy atom. The summed E-state index contributed by atoms with van der Waals surface area (Å²) in [5, 5.41) is 4.06. The third kappa shape index (κ3) is 5.43. The van der Waals surface area contributed by atoms with Gasteiger partial charge in [0.25, 0.3) is 0 Å². The maximum absolute atomic E-state index is 13.4. The monoisotopic (exact) mass is 583 g/mol. The number of carbonyl (C=O) groups is 2. The summed E-state index contributed by atoms with van der Waals surface area (Å²) in [6, 6.07) is 46.7. The van der Waals surface area contributed by atoms with Gasteiger partial charge in [-0.05, 0) is 54.1 Å². The second-order valence-corrected chi connectivity index (χ2v) is 14.0. The highest BCUT2D eigenvalue weighted by molar-refractivity contribution is 7.95. The van der Waals surface area contributed by atoms with Gasteiger partial charge in [-0.15, -0.1) is 0 Å². The number of carbonyl (C=O) groups excluding carboxylic acids is 2. The molecule has 0 amide bonds. The Balaban J connectivity index is 1.22. The molecule has 43 heavy (non-hydrogen) atoms. The fourth-order valence-electron chi connectivity index (χ4n) is 5.90. The molecule has 0 bridgehead atoms. The van der Waals surface area contributed by atoms with E-state index in [-0.39, 0.29) is 22.9 Å². The molecule has 0 aliphatic heterocycles. The molecule has 0 unspecified atom stereocenters. The molecule has 1 aliphatic rings. The minimum absolute atomic E-state index is 0.0698. The van der Waals surface area contributed by atoms with Crippen molar-refractivity contribution >= 4 is 40.3 Å². The van der Waals surface area contributed by atoms with Gasteiger partial charge in [-0.2, -0.15) is 0 Å². The molecule has 0 saturated carbocycles. The Morgan fingerprint density at radius 1 is 0.558 bits per heavy atom. The molecule has 212 valence electrons. The highest BCUT2D eigenvalue weighted by Gasteiger charge is 2.44. The van der Waals surface area contributed by atoms with Gasteiger partial charge in [0.2, 0.25) is 5.78 Å². The summed E-state index contributed by atoms with van der Waals surface area (Å²) in [5.41, 5.74) is 1.67. The molecular formula is C38H32O4P+. The minimum Gasteiger partial charge on any atom is -0.493 e. The second kappa shape index (κ2) is 12.6. The summed E-state index contributed by atoms with van der Waals surface area (Å²) in [4.78, 5) is 26.4. The molecule has 0 heterocycles. The molecule has 0 N–H and O–H groups in total. The van der Waals surface area contributed by atoms with Gasteiger partial charge in [-0.25, -0.2) is 0 Å². The largest absolute Gasteiger partial charge is 0.493 e. The highest BCUT2D eigenvalue weighted by Crippen LogP contribution is 2.55. The first-order valence-corrected chi connectivity index (χ1v) is 16.4. The zero-order chi connectivity index (χ0) is 29.6. The zero-order valence-corrected chi connectivity index (χ0v) is 24.9. The van der Waals surface area contributed by atoms with Crippen LogP contribution >= 0.6 is 7.26 Å². The number of rotatable bonds is 10. The Kier molecular flexibility index (Phi) is 8.31. The first-order chi connectivity index (χ1) is 21.1. The molecule has 0 atom stereocenters. The predicted octanol–water partition coefficient (Wildman–Crippen LogP) is 6.89. The normalized spacial score (nSPS) is 13.0. The van der Waals surface area contributed by atoms with Crippen LogP contribution in [0.2, 0.25) is 0 Å². The predicted molar refractivity (Wildman–Crippen MR) is 176 cm³/mol. The lowest BCUT2D eigenvalue weighted by atomic mass is 9.85. The number of allylic oxidation sites excluding steroid dienone is 2. The summed E-state index contributed by atoms with van der Waals surface area (Å²) >= 11 is 0. The van der Waals surface area contributed by atoms with Crippen LogP contribution in [0, 0.1) is 0 Å². The topological polar surface area (TPSA) is 52.6 Å². The van der Waals surface area contributed by atoms with Gasteiger partial charge in [-0.3, -0.25) is 9.59 Å². The quantitative estimate of drug-likeness (QED) is 0.133. The third-order valence-corrected chi connectivity index (χ3v) is 12.4. The number of Topliss-reactive ketones (excluding diaryl/α,β-unsaturated/α-hetero) is 2. The van der Waals surface area contributed by atoms with E-state index >= 15 is 0 Å². The molecule has 0 saturated heterocycles. The van der Waals surface area contributed by atoms with Gasteiger partial charge in [0.05, 0.1) is 25.5 Å². The van der Waals surface area contributed by atoms with Crippen molar-refractivity contribution in [2.24, 2.45) is 0 Å². The number of ether oxygens (including phenoxy) is 2. The summed E-state index contributed by atoms with van der Waals surface area (Å²) in [6.07, 6.45) is 1.82. The van der Waals surface area contributed by atoms with Crippen molar-refractivity contribution in [3.63, 3.8) is 0 Å². The average molecular weight is 584 g/mol. The van der Waals surface area contributed by atoms with E-state index in [1.807, 2.05) is 24.3 Å². The van der Waals surface area contributed by atoms with Crippen molar-refractivity contribution in [3.05, 3.63) is 162 Å². The van der Waals surface area contributed by atoms with E-state index in [4.69, 9.17) is 9.47 Å². The van der Waals surface area contributed by atoms with Crippen molar-refractivity contribution < 1.29 is 19.1 Å². The van der Waals surface area contributed by atoms with Gasteiger partial charge in [-0.1, -0.05) is 91.0 Å². The van der Waals surface area contributed by atoms with Crippen molar-refractivity contribution in [1.82, 2.24) is 0 Å². The number of fused-ring (bicyclic) bond motifs is 1. The van der Waals surface area contributed by atoms with E-state index in [2.05, 4.69) is 91.0 Å². The van der Waals surface area contributed by atoms with Crippen molar-refractivity contribution in [2.45, 2.75) is 6.42 Å². The van der Waals surface area contributed by atoms with E-state index in [0.29, 0.717) is 29.0 Å². The van der Waals surface area contributed by atoms with E-state index in [1.54, 1.807) is 24.3 Å². The SMILES string of the molecule is COC1=C(c2ccc(OCCC[P+](c3ccccc3)(c3ccccc3)c3ccccc3)cc2)C(=O)c2ccccc2C1=O. The van der Waals surface area contributed by atoms with Crippen molar-refractivity contribution in [2.75, 3.05) is 19.9 Å². The van der Waals surface area contributed by atoms with E-state index in [1.165, 1.54) is 23.0 Å². The molecule has 6 rings (SSSR count). The Labute approximate surface area is 253 Å². The Bertz CT molecular complexity index is 1670. The number of ketones is 2. The average Bonchev–Trinajstić information content (AvgIpc) is 3.08. The fraction of sp³-hybridized carbons (Fsp3) is 0.105. The van der Waals surface area contributed by atoms with Gasteiger partial charge in [0.15, 0.2) is 11.5 Å². The summed E-state index contributed by atoms with van der Waals surface area (Å²) in [6.45, 7) is 0.546. The van der Waals surface area contributed by atoms with Gasteiger partial charge < -0.3 is 9.47 Å². The van der Waals surface area contributed by atoms with Crippen LogP contribution in [0.25, 0.3) is 5.57 Å². The molecule has 5 aromatic carbocycles. The molecule has 5 aromatic rings. The fourth-order valence-corrected chi connectivity index (χ4v) is 10.2. The highest BCUT2D eigenvalue weighted by atomic mass is 31.2. The molecule has 5 heteroatoms. The minimum atomic E-state index is -1.92. The third-order valence-electron chi connectivity index (χ3n) is 7.92. The van der Waals surface area contributed by atoms with Crippen molar-refractivity contribution in [1.29, 1.82) is 0 Å². The standard InChI is InChI=1S/C38H32O4P/c1-41-38-35(36(39)33-20-11-12-21-34(33)37(38)40)28-22-24-29(25-23-28)42-26-13-27-43(30-14-5-2-6-15-30,31-16-7-3-8-17-31)32-18-9-4-10-19-32/h2-12,14-25H,13,26-27H2,1H3/q+1. The van der Waals surface area contributed by atoms with Crippen LogP contribution in [0.15, 0.2) is 145 Å². The maximum atomic E-state index is 13.4. The van der Waals surface area contributed by atoms with Gasteiger partial charge >= 0.3 is 0 Å². The molecule has 1 aliphatic carbocycles. The smallest absolute Gasteiger partial charge is 0.229 e. The van der Waals surface area contributed by atoms with Crippen LogP contribution in [-0.2, 0) is 4.74 Å². The van der Waals surface area contributed by atoms with Crippen LogP contribution < -0.4 is 20.7 Å². The summed E-state index contributed by atoms with van der Waals surface area (Å²) in [5.74, 6) is 0.278. The van der Waals surface area contributed by atoms with E-state index in [9.17, 15) is 9.59 Å². The number of benzene rings is 5. The van der Waals surface area contributed by atoms with Crippen LogP contribution in [0.3, 0.4) is 0 Å². The van der Waals surface area contributed by atoms with Gasteiger partial charge in [0, 0.05) is 17.5 Å². The lowest BCUT2D eigenvalue weighted by Gasteiger charge is -2.27. The first kappa shape index (κ1) is 28.3. The molecular weight excluding hydrogens is 551 g/mol. The van der Waals surface area contributed by atoms with Crippen LogP contribution in [0.1, 0.15) is 32.7 Å². The van der Waals surface area contributed by atoms with E-state index in [0.717, 1.165) is 12.6 Å². The van der Waals surface area contributed by atoms with Gasteiger partial charge in [0.1, 0.15) is 28.9 Å². The van der Waals surface area contributed by atoms with Crippen LogP contribution in [0.5, 0.6) is 5.75 Å². The number of hydrogen-bond donors (Lipinski definition) is 0. The van der Waals surface area contributed by atoms with Crippen LogP contribution in [0.4, 0.5) is 0 Å². The molecule has 0 radical (unpaired) electrons. The molecule has 4 nitrogen and oxygen atoms in total. The number of methoxy groups -OCH3 is 1. The second-order valence-electron chi connectivity index (χ2n) is 10.4. The molecule has 0 spiro atoms. The summed E-state index contributed by atoms with van der Waals surface area (Å²) < 4.78 is 11.7. The maximum Gasteiger partial charge on any atom is 0.229 e. The lowest BCUT2D eigenvalue weighted by Crippen LogP contribution is -2.33. The van der Waals surface area contributed by atoms with Crippen molar-refractivity contribution in [3.8, 4) is 5.75 Å². The van der Waals surface area contributed by atoms with Crippen LogP contribution in [-0.4, -0.2) is 31.4 Å². The number of hydrogen-bond acceptors (Lipinski definition) is 4. The Hall–Kier alpha value is -4.79. The Morgan fingerprint density at radius 2 is 1.02 bits per heavy atom. The molecule has 0 fully saturated rings. The van der Waals surface area contributed by atoms with E-state index < -0.39 is 7.26 Å². The first-order valence-electron chi connectivity index (χ1n) is 14.4.